The molecule has 0 aromatic rings. The van der Waals surface area contributed by atoms with Crippen molar-refractivity contribution < 1.29 is 9.47 Å². The number of hydrogen-bond acceptors (Lipinski definition) is 3. The summed E-state index contributed by atoms with van der Waals surface area (Å²) in [6.45, 7) is 4.94. The van der Waals surface area contributed by atoms with Crippen LogP contribution in [0.1, 0.15) is 26.2 Å². The first-order valence-electron chi connectivity index (χ1n) is 5.04. The summed E-state index contributed by atoms with van der Waals surface area (Å²) < 4.78 is 11.6. The van der Waals surface area contributed by atoms with E-state index in [0.717, 1.165) is 38.6 Å². The average Bonchev–Trinajstić information content (AvgIpc) is 2.02. The minimum atomic E-state index is -0.310. The summed E-state index contributed by atoms with van der Waals surface area (Å²) in [5, 5.41) is 0. The van der Waals surface area contributed by atoms with Gasteiger partial charge in [-0.2, -0.15) is 13.0 Å². The summed E-state index contributed by atoms with van der Waals surface area (Å²) in [4.78, 5) is 2.28. The van der Waals surface area contributed by atoms with Crippen molar-refractivity contribution >= 4 is 0 Å². The number of piperidine rings is 1. The predicted octanol–water partition coefficient (Wildman–Crippen LogP) is 1.85. The Balaban J connectivity index is 0.000000980. The van der Waals surface area contributed by atoms with Crippen molar-refractivity contribution in [3.05, 3.63) is 13.5 Å². The van der Waals surface area contributed by atoms with Crippen LogP contribution in [0.2, 0.25) is 0 Å². The Kier molecular flexibility index (Phi) is 4.72. The molecule has 2 heterocycles. The number of likely N-dealkylation sites (N-methyl/N-ethyl adjacent to an activating group) is 1. The van der Waals surface area contributed by atoms with Gasteiger partial charge in [-0.25, -0.2) is 0 Å². The summed E-state index contributed by atoms with van der Waals surface area (Å²) >= 11 is 0. The number of rotatable bonds is 0. The van der Waals surface area contributed by atoms with E-state index in [4.69, 9.17) is 9.47 Å². The second kappa shape index (κ2) is 5.10. The Labute approximate surface area is 87.4 Å². The maximum absolute atomic E-state index is 5.84. The molecular formula is C11H21LrNO2-2. The number of hydrogen-bond donors (Lipinski definition) is 0. The fourth-order valence-electron chi connectivity index (χ4n) is 2.17. The van der Waals surface area contributed by atoms with E-state index in [1.54, 1.807) is 0 Å². The van der Waals surface area contributed by atoms with Crippen LogP contribution in [0.15, 0.2) is 0 Å². The van der Waals surface area contributed by atoms with Crippen molar-refractivity contribution in [3.8, 4) is 0 Å². The molecule has 0 bridgehead atoms. The summed E-state index contributed by atoms with van der Waals surface area (Å²) in [7, 11) is 2.12. The van der Waals surface area contributed by atoms with E-state index >= 15 is 0 Å². The van der Waals surface area contributed by atoms with Crippen molar-refractivity contribution in [2.45, 2.75) is 32.0 Å². The van der Waals surface area contributed by atoms with Crippen LogP contribution in [0, 0.1) is 13.5 Å². The summed E-state index contributed by atoms with van der Waals surface area (Å²) in [5.74, 6) is -0.310. The van der Waals surface area contributed by atoms with Crippen LogP contribution in [0.5, 0.6) is 0 Å². The fourth-order valence-corrected chi connectivity index (χ4v) is 2.17. The van der Waals surface area contributed by atoms with Gasteiger partial charge in [-0.3, -0.25) is 0 Å². The Hall–Kier alpha value is -1.12. The zero-order valence-electron chi connectivity index (χ0n) is 9.76. The molecule has 0 saturated carbocycles. The van der Waals surface area contributed by atoms with E-state index in [0.29, 0.717) is 0 Å². The molecule has 0 N–H and O–H groups in total. The molecule has 0 aromatic carbocycles. The second-order valence-corrected chi connectivity index (χ2v) is 4.15. The quantitative estimate of drug-likeness (QED) is 0.515. The van der Waals surface area contributed by atoms with Gasteiger partial charge >= 0.3 is 0 Å². The van der Waals surface area contributed by atoms with Gasteiger partial charge in [0.2, 0.25) is 0 Å². The van der Waals surface area contributed by atoms with Gasteiger partial charge in [0.1, 0.15) is 0 Å². The average molecular weight is 461 g/mol. The maximum atomic E-state index is 5.84. The normalized spacial score (nSPS) is 33.2. The molecule has 0 aromatic heterocycles. The Morgan fingerprint density at radius 3 is 2.73 bits per heavy atom. The summed E-state index contributed by atoms with van der Waals surface area (Å²) in [6, 6.07) is 0. The minimum absolute atomic E-state index is 0. The van der Waals surface area contributed by atoms with E-state index < -0.39 is 0 Å². The maximum Gasteiger partial charge on any atom is 0.152 e. The number of nitrogens with zero attached hydrogens (tertiary/aromatic N) is 1. The van der Waals surface area contributed by atoms with Gasteiger partial charge in [-0.05, 0) is 20.0 Å². The molecule has 3 nitrogen and oxygen atoms in total. The van der Waals surface area contributed by atoms with Gasteiger partial charge in [0.05, 0.1) is 0 Å². The predicted molar refractivity (Wildman–Crippen MR) is 56.4 cm³/mol. The molecule has 2 rings (SSSR count). The fraction of sp³-hybridized carbons (Fsp3) is 0.818. The molecule has 2 aliphatic rings. The third kappa shape index (κ3) is 2.91. The summed E-state index contributed by atoms with van der Waals surface area (Å²) in [5.41, 5.74) is 0. The molecule has 2 saturated heterocycles. The zero-order chi connectivity index (χ0) is 9.31. The van der Waals surface area contributed by atoms with Crippen molar-refractivity contribution in [3.63, 3.8) is 0 Å². The molecule has 1 atom stereocenters. The molecule has 1 radical (unpaired) electrons. The van der Waals surface area contributed by atoms with Crippen LogP contribution in [0.25, 0.3) is 0 Å². The minimum Gasteiger partial charge on any atom is -0.523 e. The van der Waals surface area contributed by atoms with E-state index in [1.807, 2.05) is 0 Å². The SMILES string of the molecule is C[C-]1CCOC2(CCCN(C)C2)O1.[CH3-].[Lr]. The summed E-state index contributed by atoms with van der Waals surface area (Å²) in [6.07, 6.45) is 4.28. The van der Waals surface area contributed by atoms with Gasteiger partial charge in [-0.15, -0.1) is 6.42 Å². The molecule has 0 aliphatic carbocycles. The van der Waals surface area contributed by atoms with Crippen LogP contribution in [-0.2, 0) is 9.47 Å². The topological polar surface area (TPSA) is 21.7 Å². The standard InChI is InChI=1S/C10H18NO2.CH3.Lr/c1-9-4-7-12-10(13-9)5-3-6-11(2)8-10;;/h3-8H2,1-2H3;1H3;/q2*-1;. The molecule has 1 unspecified atom stereocenters. The first kappa shape index (κ1) is 13.9. The van der Waals surface area contributed by atoms with E-state index in [2.05, 4.69) is 18.9 Å². The third-order valence-electron chi connectivity index (χ3n) is 2.79. The Bertz CT molecular complexity index is 169. The Morgan fingerprint density at radius 1 is 1.40 bits per heavy atom. The molecule has 1 spiro atoms. The molecule has 2 aliphatic heterocycles. The van der Waals surface area contributed by atoms with Crippen LogP contribution in [0.3, 0.4) is 0 Å². The van der Waals surface area contributed by atoms with Crippen LogP contribution >= 0.6 is 0 Å². The zero-order valence-corrected chi connectivity index (χ0v) is 11.9. The van der Waals surface area contributed by atoms with Gasteiger partial charge in [0, 0.05) is 19.6 Å². The van der Waals surface area contributed by atoms with E-state index in [9.17, 15) is 0 Å². The molecule has 15 heavy (non-hydrogen) atoms. The van der Waals surface area contributed by atoms with Crippen molar-refractivity contribution in [1.29, 1.82) is 0 Å². The van der Waals surface area contributed by atoms with E-state index in [-0.39, 0.29) is 13.2 Å². The second-order valence-electron chi connectivity index (χ2n) is 4.15. The van der Waals surface area contributed by atoms with Gasteiger partial charge in [0.15, 0.2) is 5.79 Å². The Morgan fingerprint density at radius 2 is 2.13 bits per heavy atom. The van der Waals surface area contributed by atoms with Gasteiger partial charge < -0.3 is 21.8 Å². The molecular weight excluding hydrogens is 440 g/mol. The van der Waals surface area contributed by atoms with Gasteiger partial charge in [-0.1, -0.05) is 0 Å². The third-order valence-corrected chi connectivity index (χ3v) is 2.79. The molecule has 4 heteroatoms. The molecule has 0 amide bonds. The first-order valence-corrected chi connectivity index (χ1v) is 5.04. The number of likely N-dealkylation sites (tertiary alicyclic amines) is 1. The molecule has 2 fully saturated rings. The van der Waals surface area contributed by atoms with Crippen LogP contribution in [-0.4, -0.2) is 37.4 Å². The first-order chi connectivity index (χ1) is 6.20. The largest absolute Gasteiger partial charge is 0.523 e. The van der Waals surface area contributed by atoms with Crippen LogP contribution in [0.4, 0.5) is 0 Å². The number of ether oxygens (including phenoxy) is 2. The van der Waals surface area contributed by atoms with Crippen molar-refractivity contribution in [2.24, 2.45) is 0 Å². The van der Waals surface area contributed by atoms with Crippen LogP contribution < -0.4 is 0 Å². The van der Waals surface area contributed by atoms with Gasteiger partial charge in [0.25, 0.3) is 0 Å². The smallest absolute Gasteiger partial charge is 0.152 e. The van der Waals surface area contributed by atoms with Crippen molar-refractivity contribution in [2.75, 3.05) is 26.7 Å². The van der Waals surface area contributed by atoms with E-state index in [1.165, 1.54) is 6.42 Å². The van der Waals surface area contributed by atoms with Crippen molar-refractivity contribution in [1.82, 2.24) is 4.90 Å². The monoisotopic (exact) mass is 461 g/mol. The molecule has 99 valence electrons.